The lowest BCUT2D eigenvalue weighted by Gasteiger charge is -2.38. The Morgan fingerprint density at radius 2 is 1.90 bits per heavy atom. The number of amides is 1. The lowest BCUT2D eigenvalue weighted by Crippen LogP contribution is -2.51. The molecule has 1 N–H and O–H groups in total. The summed E-state index contributed by atoms with van der Waals surface area (Å²) in [6.07, 6.45) is 8.79. The van der Waals surface area contributed by atoms with Crippen LogP contribution in [0, 0.1) is 12.8 Å². The molecule has 8 heteroatoms. The highest BCUT2D eigenvalue weighted by Crippen LogP contribution is 2.44. The largest absolute Gasteiger partial charge is 0.364 e. The van der Waals surface area contributed by atoms with E-state index in [-0.39, 0.29) is 24.0 Å². The number of fused-ring (bicyclic) bond motifs is 2. The quantitative estimate of drug-likeness (QED) is 0.737. The topological polar surface area (TPSA) is 88.8 Å². The number of likely N-dealkylation sites (tertiary alicyclic amines) is 1. The summed E-state index contributed by atoms with van der Waals surface area (Å²) in [5, 5.41) is 11.9. The van der Waals surface area contributed by atoms with Crippen molar-refractivity contribution in [2.75, 3.05) is 5.32 Å². The van der Waals surface area contributed by atoms with Gasteiger partial charge in [0, 0.05) is 12.1 Å². The molecule has 0 spiro atoms. The number of hydrogen-bond donors (Lipinski definition) is 1. The van der Waals surface area contributed by atoms with Crippen LogP contribution in [0.3, 0.4) is 0 Å². The van der Waals surface area contributed by atoms with E-state index >= 15 is 0 Å². The van der Waals surface area contributed by atoms with E-state index in [9.17, 15) is 4.79 Å². The third kappa shape index (κ3) is 3.04. The fourth-order valence-electron chi connectivity index (χ4n) is 4.74. The minimum absolute atomic E-state index is 0.0272. The van der Waals surface area contributed by atoms with Gasteiger partial charge in [-0.05, 0) is 44.7 Å². The third-order valence-corrected chi connectivity index (χ3v) is 6.16. The molecule has 1 aromatic carbocycles. The number of nitrogens with one attached hydrogen (secondary N) is 1. The van der Waals surface area contributed by atoms with Crippen molar-refractivity contribution in [3.63, 3.8) is 0 Å². The normalized spacial score (nSPS) is 25.4. The highest BCUT2D eigenvalue weighted by Gasteiger charge is 2.51. The van der Waals surface area contributed by atoms with Crippen LogP contribution in [0.1, 0.15) is 35.8 Å². The maximum absolute atomic E-state index is 13.6. The number of benzene rings is 1. The van der Waals surface area contributed by atoms with Gasteiger partial charge in [0.15, 0.2) is 0 Å². The molecule has 1 saturated carbocycles. The van der Waals surface area contributed by atoms with Crippen molar-refractivity contribution >= 4 is 11.7 Å². The van der Waals surface area contributed by atoms with E-state index < -0.39 is 0 Å². The van der Waals surface area contributed by atoms with Gasteiger partial charge >= 0.3 is 0 Å². The van der Waals surface area contributed by atoms with E-state index in [0.717, 1.165) is 24.4 Å². The molecule has 2 aromatic heterocycles. The standard InChI is InChI=1S/C21H23N7O/c1-13-11-23-20(12-22-13)26-17-9-15-10-19(17)27(14(15)2)21(29)16-5-3-4-6-18(16)28-24-7-8-25-28/h3-8,11-12,14-15,17,19H,9-10H2,1-2H3,(H,23,26). The summed E-state index contributed by atoms with van der Waals surface area (Å²) >= 11 is 0. The van der Waals surface area contributed by atoms with Gasteiger partial charge in [-0.25, -0.2) is 4.98 Å². The molecule has 0 radical (unpaired) electrons. The van der Waals surface area contributed by atoms with Gasteiger partial charge in [0.1, 0.15) is 5.82 Å². The van der Waals surface area contributed by atoms with Gasteiger partial charge in [-0.1, -0.05) is 12.1 Å². The van der Waals surface area contributed by atoms with E-state index in [4.69, 9.17) is 0 Å². The minimum Gasteiger partial charge on any atom is -0.364 e. The van der Waals surface area contributed by atoms with Crippen LogP contribution in [0.5, 0.6) is 0 Å². The van der Waals surface area contributed by atoms with Gasteiger partial charge in [-0.15, -0.1) is 0 Å². The van der Waals surface area contributed by atoms with Crippen LogP contribution < -0.4 is 5.32 Å². The Labute approximate surface area is 169 Å². The fraction of sp³-hybridized carbons (Fsp3) is 0.381. The van der Waals surface area contributed by atoms with Crippen LogP contribution in [0.2, 0.25) is 0 Å². The summed E-state index contributed by atoms with van der Waals surface area (Å²) in [4.78, 5) is 25.9. The zero-order valence-corrected chi connectivity index (χ0v) is 16.4. The Bertz CT molecular complexity index is 1020. The zero-order chi connectivity index (χ0) is 20.0. The molecule has 148 valence electrons. The number of nitrogens with zero attached hydrogens (tertiary/aromatic N) is 6. The second-order valence-electron chi connectivity index (χ2n) is 7.88. The van der Waals surface area contributed by atoms with Crippen LogP contribution in [0.15, 0.2) is 49.1 Å². The summed E-state index contributed by atoms with van der Waals surface area (Å²) in [7, 11) is 0. The maximum Gasteiger partial charge on any atom is 0.256 e. The number of rotatable bonds is 4. The average molecular weight is 389 g/mol. The van der Waals surface area contributed by atoms with Gasteiger partial charge in [0.2, 0.25) is 0 Å². The molecule has 2 fully saturated rings. The lowest BCUT2D eigenvalue weighted by molar-refractivity contribution is 0.0598. The number of anilines is 1. The number of aryl methyl sites for hydroxylation is 1. The molecule has 1 aliphatic heterocycles. The Morgan fingerprint density at radius 1 is 1.10 bits per heavy atom. The van der Waals surface area contributed by atoms with Crippen LogP contribution >= 0.6 is 0 Å². The lowest BCUT2D eigenvalue weighted by atomic mass is 9.97. The second kappa shape index (κ2) is 6.95. The van der Waals surface area contributed by atoms with Gasteiger partial charge in [-0.3, -0.25) is 9.78 Å². The van der Waals surface area contributed by atoms with E-state index in [1.54, 1.807) is 24.8 Å². The third-order valence-electron chi connectivity index (χ3n) is 6.16. The number of carbonyl (C=O) groups is 1. The first-order valence-electron chi connectivity index (χ1n) is 9.95. The Morgan fingerprint density at radius 3 is 2.62 bits per heavy atom. The molecule has 3 heterocycles. The average Bonchev–Trinajstić information content (AvgIpc) is 3.46. The first-order valence-corrected chi connectivity index (χ1v) is 9.95. The highest BCUT2D eigenvalue weighted by molar-refractivity contribution is 5.98. The number of para-hydroxylation sites is 1. The molecule has 4 atom stereocenters. The van der Waals surface area contributed by atoms with Crippen molar-refractivity contribution in [3.8, 4) is 5.69 Å². The summed E-state index contributed by atoms with van der Waals surface area (Å²) < 4.78 is 0. The maximum atomic E-state index is 13.6. The summed E-state index contributed by atoms with van der Waals surface area (Å²) in [6.45, 7) is 4.07. The molecule has 29 heavy (non-hydrogen) atoms. The van der Waals surface area contributed by atoms with Gasteiger partial charge in [0.05, 0.1) is 47.8 Å². The zero-order valence-electron chi connectivity index (χ0n) is 16.4. The molecule has 3 aromatic rings. The van der Waals surface area contributed by atoms with Crippen molar-refractivity contribution in [3.05, 3.63) is 60.3 Å². The predicted octanol–water partition coefficient (Wildman–Crippen LogP) is 2.47. The molecule has 2 bridgehead atoms. The van der Waals surface area contributed by atoms with E-state index in [0.29, 0.717) is 17.2 Å². The summed E-state index contributed by atoms with van der Waals surface area (Å²) in [6, 6.07) is 8.02. The number of aromatic nitrogens is 5. The number of piperidine rings is 1. The predicted molar refractivity (Wildman–Crippen MR) is 108 cm³/mol. The molecule has 8 nitrogen and oxygen atoms in total. The van der Waals surface area contributed by atoms with Crippen LogP contribution in [-0.4, -0.2) is 53.9 Å². The summed E-state index contributed by atoms with van der Waals surface area (Å²) in [5.74, 6) is 1.27. The number of hydrogen-bond acceptors (Lipinski definition) is 6. The first-order chi connectivity index (χ1) is 14.1. The molecule has 1 aliphatic carbocycles. The molecular weight excluding hydrogens is 366 g/mol. The van der Waals surface area contributed by atoms with Gasteiger partial charge < -0.3 is 10.2 Å². The van der Waals surface area contributed by atoms with E-state index in [1.807, 2.05) is 36.1 Å². The first kappa shape index (κ1) is 17.8. The van der Waals surface area contributed by atoms with E-state index in [2.05, 4.69) is 32.4 Å². The van der Waals surface area contributed by atoms with Crippen molar-refractivity contribution in [1.29, 1.82) is 0 Å². The van der Waals surface area contributed by atoms with Crippen LogP contribution in [-0.2, 0) is 0 Å². The molecule has 1 saturated heterocycles. The van der Waals surface area contributed by atoms with Crippen molar-refractivity contribution in [1.82, 2.24) is 29.9 Å². The Hall–Kier alpha value is -3.29. The van der Waals surface area contributed by atoms with Crippen LogP contribution in [0.25, 0.3) is 5.69 Å². The monoisotopic (exact) mass is 389 g/mol. The molecule has 5 rings (SSSR count). The Kier molecular flexibility index (Phi) is 4.26. The van der Waals surface area contributed by atoms with Crippen molar-refractivity contribution in [2.45, 2.75) is 44.8 Å². The minimum atomic E-state index is 0.0272. The SMILES string of the molecule is Cc1cnc(NC2CC3CC2N(C(=O)c2ccccc2-n2nccn2)C3C)cn1. The van der Waals surface area contributed by atoms with E-state index in [1.165, 1.54) is 4.80 Å². The molecule has 2 aliphatic rings. The van der Waals surface area contributed by atoms with Gasteiger partial charge in [-0.2, -0.15) is 15.0 Å². The fourth-order valence-corrected chi connectivity index (χ4v) is 4.74. The highest BCUT2D eigenvalue weighted by atomic mass is 16.2. The smallest absolute Gasteiger partial charge is 0.256 e. The summed E-state index contributed by atoms with van der Waals surface area (Å²) in [5.41, 5.74) is 2.21. The van der Waals surface area contributed by atoms with Crippen LogP contribution in [0.4, 0.5) is 5.82 Å². The van der Waals surface area contributed by atoms with Crippen molar-refractivity contribution in [2.24, 2.45) is 5.92 Å². The molecule has 4 unspecified atom stereocenters. The molecule has 1 amide bonds. The Balaban J connectivity index is 1.42. The second-order valence-corrected chi connectivity index (χ2v) is 7.88. The molecular formula is C21H23N7O. The van der Waals surface area contributed by atoms with Gasteiger partial charge in [0.25, 0.3) is 5.91 Å². The van der Waals surface area contributed by atoms with Crippen molar-refractivity contribution < 1.29 is 4.79 Å². The number of carbonyl (C=O) groups excluding carboxylic acids is 1.